The van der Waals surface area contributed by atoms with E-state index in [-0.39, 0.29) is 11.8 Å². The van der Waals surface area contributed by atoms with E-state index in [4.69, 9.17) is 0 Å². The van der Waals surface area contributed by atoms with Crippen LogP contribution in [0, 0.1) is 0 Å². The number of nitrogens with one attached hydrogen (secondary N) is 1. The van der Waals surface area contributed by atoms with E-state index in [1.165, 1.54) is 12.8 Å². The molecule has 0 radical (unpaired) electrons. The Labute approximate surface area is 127 Å². The third-order valence-corrected chi connectivity index (χ3v) is 5.78. The molecule has 3 aliphatic rings. The summed E-state index contributed by atoms with van der Waals surface area (Å²) >= 11 is 0. The van der Waals surface area contributed by atoms with Crippen molar-refractivity contribution in [3.05, 3.63) is 0 Å². The minimum Gasteiger partial charge on any atom is -0.340 e. The van der Waals surface area contributed by atoms with Crippen molar-refractivity contribution in [3.63, 3.8) is 0 Å². The lowest BCUT2D eigenvalue weighted by atomic mass is 9.71. The summed E-state index contributed by atoms with van der Waals surface area (Å²) in [5.41, 5.74) is -1.11. The molecule has 4 nitrogen and oxygen atoms in total. The van der Waals surface area contributed by atoms with Gasteiger partial charge >= 0.3 is 0 Å². The highest BCUT2D eigenvalue weighted by atomic mass is 16.2. The molecule has 0 aromatic rings. The molecule has 0 atom stereocenters. The van der Waals surface area contributed by atoms with Gasteiger partial charge in [0, 0.05) is 6.54 Å². The van der Waals surface area contributed by atoms with E-state index in [0.717, 1.165) is 64.3 Å². The van der Waals surface area contributed by atoms with E-state index in [9.17, 15) is 9.59 Å². The number of hydrogen-bond donors (Lipinski definition) is 1. The fraction of sp³-hybridized carbons (Fsp3) is 0.882. The largest absolute Gasteiger partial charge is 0.340 e. The molecule has 2 saturated carbocycles. The number of carbonyl (C=O) groups is 2. The van der Waals surface area contributed by atoms with Crippen molar-refractivity contribution in [3.8, 4) is 0 Å². The second kappa shape index (κ2) is 5.62. The first-order valence-electron chi connectivity index (χ1n) is 8.79. The summed E-state index contributed by atoms with van der Waals surface area (Å²) in [4.78, 5) is 28.2. The molecule has 0 unspecified atom stereocenters. The van der Waals surface area contributed by atoms with Gasteiger partial charge in [0.15, 0.2) is 0 Å². The number of piperazine rings is 1. The Hall–Kier alpha value is -1.06. The first kappa shape index (κ1) is 14.9. The SMILES string of the molecule is CCCN1C(=O)C2(CCCCC2)NC(=O)C12CCCCC2. The van der Waals surface area contributed by atoms with Crippen LogP contribution in [0.1, 0.15) is 77.6 Å². The topological polar surface area (TPSA) is 49.4 Å². The number of hydrogen-bond acceptors (Lipinski definition) is 2. The molecular formula is C17H28N2O2. The van der Waals surface area contributed by atoms with Crippen LogP contribution in [0.2, 0.25) is 0 Å². The van der Waals surface area contributed by atoms with Gasteiger partial charge in [-0.25, -0.2) is 0 Å². The smallest absolute Gasteiger partial charge is 0.249 e. The molecule has 118 valence electrons. The van der Waals surface area contributed by atoms with Crippen LogP contribution in [0.25, 0.3) is 0 Å². The number of amides is 2. The second-order valence-electron chi connectivity index (χ2n) is 7.15. The van der Waals surface area contributed by atoms with E-state index >= 15 is 0 Å². The Kier molecular flexibility index (Phi) is 3.98. The Morgan fingerprint density at radius 1 is 0.952 bits per heavy atom. The summed E-state index contributed by atoms with van der Waals surface area (Å²) in [5, 5.41) is 3.20. The van der Waals surface area contributed by atoms with Crippen molar-refractivity contribution in [1.29, 1.82) is 0 Å². The van der Waals surface area contributed by atoms with Crippen LogP contribution in [0.5, 0.6) is 0 Å². The van der Waals surface area contributed by atoms with Gasteiger partial charge in [0.25, 0.3) is 0 Å². The number of carbonyl (C=O) groups excluding carboxylic acids is 2. The fourth-order valence-corrected chi connectivity index (χ4v) is 4.63. The van der Waals surface area contributed by atoms with Crippen LogP contribution < -0.4 is 5.32 Å². The highest BCUT2D eigenvalue weighted by molar-refractivity contribution is 6.02. The summed E-state index contributed by atoms with van der Waals surface area (Å²) in [5.74, 6) is 0.350. The van der Waals surface area contributed by atoms with E-state index in [0.29, 0.717) is 0 Å². The van der Waals surface area contributed by atoms with Crippen molar-refractivity contribution >= 4 is 11.8 Å². The normalized spacial score (nSPS) is 28.0. The Bertz CT molecular complexity index is 421. The van der Waals surface area contributed by atoms with Crippen LogP contribution in [0.3, 0.4) is 0 Å². The lowest BCUT2D eigenvalue weighted by molar-refractivity contribution is -0.167. The Balaban J connectivity index is 1.94. The Morgan fingerprint density at radius 2 is 1.52 bits per heavy atom. The molecule has 0 aromatic heterocycles. The van der Waals surface area contributed by atoms with Gasteiger partial charge in [-0.1, -0.05) is 45.4 Å². The van der Waals surface area contributed by atoms with Crippen molar-refractivity contribution < 1.29 is 9.59 Å². The molecule has 4 heteroatoms. The highest BCUT2D eigenvalue weighted by Gasteiger charge is 2.58. The highest BCUT2D eigenvalue weighted by Crippen LogP contribution is 2.42. The Morgan fingerprint density at radius 3 is 2.10 bits per heavy atom. The summed E-state index contributed by atoms with van der Waals surface area (Å²) in [6.07, 6.45) is 10.9. The summed E-state index contributed by atoms with van der Waals surface area (Å²) < 4.78 is 0. The van der Waals surface area contributed by atoms with Crippen LogP contribution in [-0.2, 0) is 9.59 Å². The first-order chi connectivity index (χ1) is 10.1. The minimum absolute atomic E-state index is 0.136. The monoisotopic (exact) mass is 292 g/mol. The van der Waals surface area contributed by atoms with Crippen molar-refractivity contribution in [2.24, 2.45) is 0 Å². The average Bonchev–Trinajstić information content (AvgIpc) is 2.52. The predicted molar refractivity (Wildman–Crippen MR) is 81.8 cm³/mol. The standard InChI is InChI=1S/C17H28N2O2/c1-2-13-19-15(21)16(9-5-3-6-10-16)18-14(20)17(19)11-7-4-8-12-17/h2-13H2,1H3,(H,18,20). The third kappa shape index (κ3) is 2.27. The molecule has 3 fully saturated rings. The second-order valence-corrected chi connectivity index (χ2v) is 7.15. The van der Waals surface area contributed by atoms with Gasteiger partial charge in [-0.3, -0.25) is 9.59 Å². The third-order valence-electron chi connectivity index (χ3n) is 5.78. The predicted octanol–water partition coefficient (Wildman–Crippen LogP) is 2.76. The molecule has 0 aromatic carbocycles. The van der Waals surface area contributed by atoms with E-state index in [1.54, 1.807) is 0 Å². The van der Waals surface area contributed by atoms with Crippen molar-refractivity contribution in [2.75, 3.05) is 6.54 Å². The molecule has 2 amide bonds. The zero-order valence-electron chi connectivity index (χ0n) is 13.2. The molecule has 1 heterocycles. The molecule has 2 aliphatic carbocycles. The molecule has 1 saturated heterocycles. The maximum Gasteiger partial charge on any atom is 0.249 e. The molecule has 3 rings (SSSR count). The zero-order chi connectivity index (χ0) is 14.9. The van der Waals surface area contributed by atoms with Gasteiger partial charge in [-0.2, -0.15) is 0 Å². The lowest BCUT2D eigenvalue weighted by Gasteiger charge is -2.55. The number of nitrogens with zero attached hydrogens (tertiary/aromatic N) is 1. The van der Waals surface area contributed by atoms with Crippen LogP contribution >= 0.6 is 0 Å². The van der Waals surface area contributed by atoms with Gasteiger partial charge in [-0.05, 0) is 32.1 Å². The summed E-state index contributed by atoms with van der Waals surface area (Å²) in [6.45, 7) is 2.83. The van der Waals surface area contributed by atoms with Crippen LogP contribution in [0.4, 0.5) is 0 Å². The molecule has 2 spiro atoms. The average molecular weight is 292 g/mol. The minimum atomic E-state index is -0.576. The van der Waals surface area contributed by atoms with Crippen molar-refractivity contribution in [2.45, 2.75) is 88.6 Å². The van der Waals surface area contributed by atoms with Gasteiger partial charge in [0.05, 0.1) is 0 Å². The van der Waals surface area contributed by atoms with E-state index < -0.39 is 11.1 Å². The van der Waals surface area contributed by atoms with E-state index in [2.05, 4.69) is 12.2 Å². The van der Waals surface area contributed by atoms with Crippen LogP contribution in [-0.4, -0.2) is 34.3 Å². The van der Waals surface area contributed by atoms with Crippen molar-refractivity contribution in [1.82, 2.24) is 10.2 Å². The van der Waals surface area contributed by atoms with Crippen LogP contribution in [0.15, 0.2) is 0 Å². The summed E-state index contributed by atoms with van der Waals surface area (Å²) in [7, 11) is 0. The maximum atomic E-state index is 13.2. The summed E-state index contributed by atoms with van der Waals surface area (Å²) in [6, 6.07) is 0. The quantitative estimate of drug-likeness (QED) is 0.851. The molecule has 0 bridgehead atoms. The molecule has 21 heavy (non-hydrogen) atoms. The molecular weight excluding hydrogens is 264 g/mol. The van der Waals surface area contributed by atoms with E-state index in [1.807, 2.05) is 4.90 Å². The van der Waals surface area contributed by atoms with Gasteiger partial charge in [0.2, 0.25) is 11.8 Å². The lowest BCUT2D eigenvalue weighted by Crippen LogP contribution is -2.76. The zero-order valence-corrected chi connectivity index (χ0v) is 13.2. The van der Waals surface area contributed by atoms with Gasteiger partial charge in [0.1, 0.15) is 11.1 Å². The van der Waals surface area contributed by atoms with Gasteiger partial charge < -0.3 is 10.2 Å². The maximum absolute atomic E-state index is 13.2. The fourth-order valence-electron chi connectivity index (χ4n) is 4.63. The molecule has 1 N–H and O–H groups in total. The number of rotatable bonds is 2. The molecule has 1 aliphatic heterocycles. The first-order valence-corrected chi connectivity index (χ1v) is 8.79. The van der Waals surface area contributed by atoms with Gasteiger partial charge in [-0.15, -0.1) is 0 Å².